The number of anilines is 3. The lowest BCUT2D eigenvalue weighted by molar-refractivity contribution is 0.424. The highest BCUT2D eigenvalue weighted by Crippen LogP contribution is 2.45. The van der Waals surface area contributed by atoms with Gasteiger partial charge >= 0.3 is 0 Å². The molecule has 0 atom stereocenters. The van der Waals surface area contributed by atoms with Crippen molar-refractivity contribution in [2.75, 3.05) is 16.9 Å². The van der Waals surface area contributed by atoms with E-state index in [0.717, 1.165) is 0 Å². The van der Waals surface area contributed by atoms with Crippen LogP contribution in [0.3, 0.4) is 0 Å². The SMILES string of the molecule is Nc1cc(Cl)c2c(N)c1NO2. The topological polar surface area (TPSA) is 73.3 Å². The molecule has 1 heterocycles. The standard InChI is InChI=1S/C6H6ClN3O/c7-2-1-3(8)5-4(9)6(2)11-10-5/h1,10H,8-9H2. The highest BCUT2D eigenvalue weighted by atomic mass is 35.5. The molecule has 0 saturated heterocycles. The fourth-order valence-corrected chi connectivity index (χ4v) is 1.25. The van der Waals surface area contributed by atoms with Crippen molar-refractivity contribution < 1.29 is 4.84 Å². The molecule has 1 aliphatic heterocycles. The first-order valence-corrected chi connectivity index (χ1v) is 3.38. The largest absolute Gasteiger partial charge is 0.397 e. The molecule has 1 aromatic carbocycles. The summed E-state index contributed by atoms with van der Waals surface area (Å²) in [5.74, 6) is 0.455. The van der Waals surface area contributed by atoms with Gasteiger partial charge in [-0.05, 0) is 6.07 Å². The molecule has 1 aliphatic rings. The van der Waals surface area contributed by atoms with Crippen LogP contribution in [-0.2, 0) is 0 Å². The van der Waals surface area contributed by atoms with E-state index in [1.807, 2.05) is 0 Å². The second kappa shape index (κ2) is 1.85. The van der Waals surface area contributed by atoms with Crippen LogP contribution in [0.2, 0.25) is 5.02 Å². The molecular formula is C6H6ClN3O. The molecule has 0 aromatic heterocycles. The van der Waals surface area contributed by atoms with E-state index in [9.17, 15) is 0 Å². The maximum Gasteiger partial charge on any atom is 0.198 e. The number of hydrogen-bond acceptors (Lipinski definition) is 4. The van der Waals surface area contributed by atoms with E-state index >= 15 is 0 Å². The van der Waals surface area contributed by atoms with Gasteiger partial charge in [-0.2, -0.15) is 0 Å². The number of halogens is 1. The van der Waals surface area contributed by atoms with Crippen LogP contribution in [0.15, 0.2) is 6.07 Å². The Balaban J connectivity index is 2.76. The van der Waals surface area contributed by atoms with Gasteiger partial charge < -0.3 is 16.3 Å². The summed E-state index contributed by atoms with van der Waals surface area (Å²) in [4.78, 5) is 4.94. The lowest BCUT2D eigenvalue weighted by Gasteiger charge is -1.98. The van der Waals surface area contributed by atoms with Crippen LogP contribution in [0.5, 0.6) is 5.75 Å². The van der Waals surface area contributed by atoms with Crippen molar-refractivity contribution in [3.05, 3.63) is 11.1 Å². The van der Waals surface area contributed by atoms with Crippen molar-refractivity contribution >= 4 is 28.7 Å². The van der Waals surface area contributed by atoms with Crippen LogP contribution < -0.4 is 21.8 Å². The summed E-state index contributed by atoms with van der Waals surface area (Å²) in [5, 5.41) is 0.425. The summed E-state index contributed by atoms with van der Waals surface area (Å²) < 4.78 is 0. The molecule has 2 bridgehead atoms. The molecule has 5 N–H and O–H groups in total. The highest BCUT2D eigenvalue weighted by molar-refractivity contribution is 6.33. The van der Waals surface area contributed by atoms with Crippen LogP contribution in [0, 0.1) is 0 Å². The molecule has 11 heavy (non-hydrogen) atoms. The summed E-state index contributed by atoms with van der Waals surface area (Å²) in [6, 6.07) is 1.60. The third kappa shape index (κ3) is 0.698. The fraction of sp³-hybridized carbons (Fsp3) is 0. The van der Waals surface area contributed by atoms with Crippen LogP contribution in [0.4, 0.5) is 17.1 Å². The zero-order chi connectivity index (χ0) is 8.01. The molecule has 0 radical (unpaired) electrons. The second-order valence-corrected chi connectivity index (χ2v) is 2.68. The maximum absolute atomic E-state index is 5.74. The average molecular weight is 172 g/mol. The summed E-state index contributed by atoms with van der Waals surface area (Å²) >= 11 is 5.74. The molecule has 58 valence electrons. The average Bonchev–Trinajstić information content (AvgIpc) is 2.22. The number of fused-ring (bicyclic) bond motifs is 2. The first-order valence-electron chi connectivity index (χ1n) is 3.00. The van der Waals surface area contributed by atoms with Gasteiger partial charge in [0.1, 0.15) is 11.4 Å². The van der Waals surface area contributed by atoms with Crippen molar-refractivity contribution in [1.29, 1.82) is 0 Å². The number of nitrogens with one attached hydrogen (secondary N) is 1. The lowest BCUT2D eigenvalue weighted by Crippen LogP contribution is -1.98. The Morgan fingerprint density at radius 1 is 1.45 bits per heavy atom. The van der Waals surface area contributed by atoms with Gasteiger partial charge in [0.05, 0.1) is 10.7 Å². The molecule has 5 heteroatoms. The maximum atomic E-state index is 5.74. The molecule has 0 aliphatic carbocycles. The third-order valence-corrected chi connectivity index (χ3v) is 1.84. The number of hydrogen-bond donors (Lipinski definition) is 3. The predicted molar refractivity (Wildman–Crippen MR) is 44.5 cm³/mol. The highest BCUT2D eigenvalue weighted by Gasteiger charge is 2.21. The van der Waals surface area contributed by atoms with E-state index in [1.54, 1.807) is 6.07 Å². The number of rotatable bonds is 0. The minimum atomic E-state index is 0.425. The van der Waals surface area contributed by atoms with E-state index in [-0.39, 0.29) is 0 Å². The summed E-state index contributed by atoms with van der Waals surface area (Å²) in [7, 11) is 0. The van der Waals surface area contributed by atoms with Crippen LogP contribution >= 0.6 is 11.6 Å². The van der Waals surface area contributed by atoms with Crippen LogP contribution in [0.1, 0.15) is 0 Å². The van der Waals surface area contributed by atoms with Gasteiger partial charge in [0.2, 0.25) is 0 Å². The smallest absolute Gasteiger partial charge is 0.198 e. The molecule has 0 amide bonds. The first-order chi connectivity index (χ1) is 5.20. The van der Waals surface area contributed by atoms with Gasteiger partial charge in [0, 0.05) is 0 Å². The Bertz CT molecular complexity index is 298. The van der Waals surface area contributed by atoms with Crippen molar-refractivity contribution in [3.8, 4) is 5.75 Å². The molecule has 2 rings (SSSR count). The van der Waals surface area contributed by atoms with Gasteiger partial charge in [-0.25, -0.2) is 5.48 Å². The molecular weight excluding hydrogens is 166 g/mol. The fourth-order valence-electron chi connectivity index (χ4n) is 0.992. The van der Waals surface area contributed by atoms with Crippen LogP contribution in [-0.4, -0.2) is 0 Å². The minimum absolute atomic E-state index is 0.425. The van der Waals surface area contributed by atoms with Crippen molar-refractivity contribution in [2.45, 2.75) is 0 Å². The van der Waals surface area contributed by atoms with Crippen LogP contribution in [0.25, 0.3) is 0 Å². The second-order valence-electron chi connectivity index (χ2n) is 2.27. The summed E-state index contributed by atoms with van der Waals surface area (Å²) in [6.07, 6.45) is 0. The summed E-state index contributed by atoms with van der Waals surface area (Å²) in [5.41, 5.74) is 15.3. The van der Waals surface area contributed by atoms with E-state index < -0.39 is 0 Å². The van der Waals surface area contributed by atoms with E-state index in [1.165, 1.54) is 0 Å². The zero-order valence-corrected chi connectivity index (χ0v) is 6.27. The number of nitrogens with two attached hydrogens (primary N) is 2. The quantitative estimate of drug-likeness (QED) is 0.514. The minimum Gasteiger partial charge on any atom is -0.397 e. The molecule has 1 aromatic rings. The van der Waals surface area contributed by atoms with E-state index in [2.05, 4.69) is 5.48 Å². The molecule has 0 spiro atoms. The number of benzene rings is 1. The third-order valence-electron chi connectivity index (χ3n) is 1.56. The van der Waals surface area contributed by atoms with Gasteiger partial charge in [0.15, 0.2) is 5.75 Å². The Labute approximate surface area is 68.0 Å². The molecule has 0 unspecified atom stereocenters. The molecule has 4 nitrogen and oxygen atoms in total. The van der Waals surface area contributed by atoms with Crippen molar-refractivity contribution in [3.63, 3.8) is 0 Å². The first kappa shape index (κ1) is 6.42. The van der Waals surface area contributed by atoms with Crippen molar-refractivity contribution in [2.24, 2.45) is 0 Å². The summed E-state index contributed by atoms with van der Waals surface area (Å²) in [6.45, 7) is 0. The zero-order valence-electron chi connectivity index (χ0n) is 5.52. The lowest BCUT2D eigenvalue weighted by atomic mass is 10.2. The van der Waals surface area contributed by atoms with Crippen molar-refractivity contribution in [1.82, 2.24) is 0 Å². The van der Waals surface area contributed by atoms with Gasteiger partial charge in [-0.1, -0.05) is 11.6 Å². The Morgan fingerprint density at radius 3 is 2.91 bits per heavy atom. The van der Waals surface area contributed by atoms with Gasteiger partial charge in [-0.3, -0.25) is 0 Å². The molecule has 0 fully saturated rings. The Hall–Kier alpha value is -1.29. The van der Waals surface area contributed by atoms with Gasteiger partial charge in [0.25, 0.3) is 0 Å². The van der Waals surface area contributed by atoms with E-state index in [0.29, 0.717) is 27.8 Å². The Morgan fingerprint density at radius 2 is 2.18 bits per heavy atom. The number of nitrogen functional groups attached to an aromatic ring is 2. The Kier molecular flexibility index (Phi) is 1.08. The normalized spacial score (nSPS) is 12.5. The predicted octanol–water partition coefficient (Wildman–Crippen LogP) is 1.22. The molecule has 0 saturated carbocycles. The van der Waals surface area contributed by atoms with Gasteiger partial charge in [-0.15, -0.1) is 0 Å². The monoisotopic (exact) mass is 171 g/mol. The van der Waals surface area contributed by atoms with E-state index in [4.69, 9.17) is 27.9 Å².